The van der Waals surface area contributed by atoms with Gasteiger partial charge in [0.05, 0.1) is 12.6 Å². The molecule has 1 aromatic rings. The molecule has 0 aromatic carbocycles. The van der Waals surface area contributed by atoms with Gasteiger partial charge in [0.2, 0.25) is 0 Å². The van der Waals surface area contributed by atoms with E-state index < -0.39 is 5.97 Å². The fraction of sp³-hybridized carbons (Fsp3) is 0.556. The van der Waals surface area contributed by atoms with E-state index in [1.807, 2.05) is 0 Å². The summed E-state index contributed by atoms with van der Waals surface area (Å²) in [5, 5.41) is 15.6. The monoisotopic (exact) mass is 180 g/mol. The first-order valence-corrected chi connectivity index (χ1v) is 4.51. The van der Waals surface area contributed by atoms with Gasteiger partial charge in [-0.2, -0.15) is 5.10 Å². The smallest absolute Gasteiger partial charge is 0.303 e. The highest BCUT2D eigenvalue weighted by Gasteiger charge is 2.23. The van der Waals surface area contributed by atoms with Gasteiger partial charge in [-0.05, 0) is 30.7 Å². The molecule has 70 valence electrons. The molecule has 1 atom stereocenters. The van der Waals surface area contributed by atoms with Gasteiger partial charge < -0.3 is 5.11 Å². The summed E-state index contributed by atoms with van der Waals surface area (Å²) in [5.41, 5.74) is 2.23. The Morgan fingerprint density at radius 3 is 3.38 bits per heavy atom. The number of aromatic nitrogens is 2. The molecule has 1 aromatic heterocycles. The van der Waals surface area contributed by atoms with Crippen molar-refractivity contribution in [3.8, 4) is 0 Å². The maximum atomic E-state index is 10.6. The summed E-state index contributed by atoms with van der Waals surface area (Å²) in [7, 11) is 0. The van der Waals surface area contributed by atoms with Crippen molar-refractivity contribution in [2.45, 2.75) is 31.6 Å². The van der Waals surface area contributed by atoms with Gasteiger partial charge in [-0.15, -0.1) is 0 Å². The molecule has 0 amide bonds. The summed E-state index contributed by atoms with van der Waals surface area (Å²) >= 11 is 0. The second kappa shape index (κ2) is 3.20. The van der Waals surface area contributed by atoms with Crippen molar-refractivity contribution in [1.29, 1.82) is 0 Å². The molecule has 0 radical (unpaired) electrons. The van der Waals surface area contributed by atoms with E-state index in [0.29, 0.717) is 0 Å². The summed E-state index contributed by atoms with van der Waals surface area (Å²) in [5.74, 6) is -0.556. The molecular weight excluding hydrogens is 168 g/mol. The van der Waals surface area contributed by atoms with Gasteiger partial charge in [0.1, 0.15) is 0 Å². The Bertz CT molecular complexity index is 319. The second-order valence-electron chi connectivity index (χ2n) is 3.49. The van der Waals surface area contributed by atoms with Crippen molar-refractivity contribution >= 4 is 5.97 Å². The van der Waals surface area contributed by atoms with Crippen LogP contribution in [0, 0.1) is 0 Å². The highest BCUT2D eigenvalue weighted by Crippen LogP contribution is 2.32. The number of carbonyl (C=O) groups is 1. The zero-order chi connectivity index (χ0) is 9.26. The van der Waals surface area contributed by atoms with Crippen LogP contribution in [0.2, 0.25) is 0 Å². The van der Waals surface area contributed by atoms with Crippen molar-refractivity contribution < 1.29 is 9.90 Å². The van der Waals surface area contributed by atoms with Crippen LogP contribution in [-0.2, 0) is 11.2 Å². The standard InChI is InChI=1S/C9H12N2O2/c12-9(13)4-6-2-1-3-8-7(6)5-10-11-8/h5-6H,1-4H2,(H,10,11)(H,12,13). The SMILES string of the molecule is O=C(O)CC1CCCc2[nH]ncc21. The zero-order valence-corrected chi connectivity index (χ0v) is 7.29. The Morgan fingerprint density at radius 1 is 1.77 bits per heavy atom. The average Bonchev–Trinajstić information content (AvgIpc) is 2.51. The Kier molecular flexibility index (Phi) is 2.04. The molecule has 4 nitrogen and oxygen atoms in total. The van der Waals surface area contributed by atoms with E-state index in [1.165, 1.54) is 0 Å². The number of hydrogen-bond acceptors (Lipinski definition) is 2. The van der Waals surface area contributed by atoms with Gasteiger partial charge in [0.15, 0.2) is 0 Å². The van der Waals surface area contributed by atoms with Crippen molar-refractivity contribution in [3.63, 3.8) is 0 Å². The minimum absolute atomic E-state index is 0.167. The number of carboxylic acid groups (broad SMARTS) is 1. The van der Waals surface area contributed by atoms with E-state index >= 15 is 0 Å². The van der Waals surface area contributed by atoms with Crippen LogP contribution < -0.4 is 0 Å². The van der Waals surface area contributed by atoms with Crippen molar-refractivity contribution in [3.05, 3.63) is 17.5 Å². The molecule has 2 N–H and O–H groups in total. The Hall–Kier alpha value is -1.32. The molecule has 1 aliphatic rings. The normalized spacial score (nSPS) is 21.1. The maximum Gasteiger partial charge on any atom is 0.303 e. The number of H-pyrrole nitrogens is 1. The molecule has 0 saturated heterocycles. The van der Waals surface area contributed by atoms with Crippen LogP contribution in [0.1, 0.15) is 36.4 Å². The number of aliphatic carboxylic acids is 1. The van der Waals surface area contributed by atoms with Crippen LogP contribution in [0.15, 0.2) is 6.20 Å². The third kappa shape index (κ3) is 1.56. The number of fused-ring (bicyclic) bond motifs is 1. The number of nitrogens with one attached hydrogen (secondary N) is 1. The van der Waals surface area contributed by atoms with Crippen molar-refractivity contribution in [2.24, 2.45) is 0 Å². The van der Waals surface area contributed by atoms with Gasteiger partial charge >= 0.3 is 5.97 Å². The van der Waals surface area contributed by atoms with Crippen LogP contribution in [0.3, 0.4) is 0 Å². The van der Waals surface area contributed by atoms with Gasteiger partial charge in [0.25, 0.3) is 0 Å². The minimum atomic E-state index is -0.723. The maximum absolute atomic E-state index is 10.6. The zero-order valence-electron chi connectivity index (χ0n) is 7.29. The lowest BCUT2D eigenvalue weighted by molar-refractivity contribution is -0.137. The van der Waals surface area contributed by atoms with E-state index in [2.05, 4.69) is 10.2 Å². The molecule has 0 spiro atoms. The first kappa shape index (κ1) is 8.29. The lowest BCUT2D eigenvalue weighted by Crippen LogP contribution is -2.12. The largest absolute Gasteiger partial charge is 0.481 e. The Morgan fingerprint density at radius 2 is 2.62 bits per heavy atom. The first-order valence-electron chi connectivity index (χ1n) is 4.51. The third-order valence-electron chi connectivity index (χ3n) is 2.59. The summed E-state index contributed by atoms with van der Waals surface area (Å²) in [6.45, 7) is 0. The molecule has 0 fully saturated rings. The Balaban J connectivity index is 2.20. The van der Waals surface area contributed by atoms with Gasteiger partial charge in [-0.3, -0.25) is 9.89 Å². The van der Waals surface area contributed by atoms with E-state index in [4.69, 9.17) is 5.11 Å². The van der Waals surface area contributed by atoms with Crippen LogP contribution in [0.25, 0.3) is 0 Å². The van der Waals surface area contributed by atoms with Gasteiger partial charge in [-0.25, -0.2) is 0 Å². The molecule has 1 unspecified atom stereocenters. The predicted molar refractivity (Wildman–Crippen MR) is 46.5 cm³/mol. The number of carboxylic acids is 1. The topological polar surface area (TPSA) is 66.0 Å². The molecule has 0 saturated carbocycles. The van der Waals surface area contributed by atoms with Crippen LogP contribution in [0.4, 0.5) is 0 Å². The number of rotatable bonds is 2. The first-order chi connectivity index (χ1) is 6.27. The van der Waals surface area contributed by atoms with Gasteiger partial charge in [0, 0.05) is 5.69 Å². The number of nitrogens with zero attached hydrogens (tertiary/aromatic N) is 1. The van der Waals surface area contributed by atoms with E-state index in [1.54, 1.807) is 6.20 Å². The van der Waals surface area contributed by atoms with Crippen molar-refractivity contribution in [2.75, 3.05) is 0 Å². The molecular formula is C9H12N2O2. The summed E-state index contributed by atoms with van der Waals surface area (Å²) in [6, 6.07) is 0. The highest BCUT2D eigenvalue weighted by molar-refractivity contribution is 5.68. The molecule has 1 aliphatic carbocycles. The lowest BCUT2D eigenvalue weighted by atomic mass is 9.85. The fourth-order valence-electron chi connectivity index (χ4n) is 1.98. The van der Waals surface area contributed by atoms with E-state index in [0.717, 1.165) is 30.5 Å². The van der Waals surface area contributed by atoms with Crippen LogP contribution >= 0.6 is 0 Å². The molecule has 13 heavy (non-hydrogen) atoms. The number of aromatic amines is 1. The van der Waals surface area contributed by atoms with Gasteiger partial charge in [-0.1, -0.05) is 0 Å². The molecule has 2 rings (SSSR count). The fourth-order valence-corrected chi connectivity index (χ4v) is 1.98. The molecule has 0 aliphatic heterocycles. The Labute approximate surface area is 76.0 Å². The lowest BCUT2D eigenvalue weighted by Gasteiger charge is -2.19. The summed E-state index contributed by atoms with van der Waals surface area (Å²) in [4.78, 5) is 10.6. The average molecular weight is 180 g/mol. The summed E-state index contributed by atoms with van der Waals surface area (Å²) in [6.07, 6.45) is 5.03. The molecule has 1 heterocycles. The number of hydrogen-bond donors (Lipinski definition) is 2. The second-order valence-corrected chi connectivity index (χ2v) is 3.49. The number of aryl methyl sites for hydroxylation is 1. The van der Waals surface area contributed by atoms with Crippen molar-refractivity contribution in [1.82, 2.24) is 10.2 Å². The molecule has 4 heteroatoms. The minimum Gasteiger partial charge on any atom is -0.481 e. The van der Waals surface area contributed by atoms with Crippen LogP contribution in [-0.4, -0.2) is 21.3 Å². The molecule has 0 bridgehead atoms. The quantitative estimate of drug-likeness (QED) is 0.721. The van der Waals surface area contributed by atoms with E-state index in [-0.39, 0.29) is 12.3 Å². The predicted octanol–water partition coefficient (Wildman–Crippen LogP) is 1.30. The van der Waals surface area contributed by atoms with E-state index in [9.17, 15) is 4.79 Å². The third-order valence-corrected chi connectivity index (χ3v) is 2.59. The summed E-state index contributed by atoms with van der Waals surface area (Å²) < 4.78 is 0. The van der Waals surface area contributed by atoms with Crippen LogP contribution in [0.5, 0.6) is 0 Å². The highest BCUT2D eigenvalue weighted by atomic mass is 16.4.